The number of rotatable bonds is 6. The van der Waals surface area contributed by atoms with Gasteiger partial charge in [-0.3, -0.25) is 4.72 Å². The summed E-state index contributed by atoms with van der Waals surface area (Å²) in [7, 11) is -1.89. The molecule has 0 bridgehead atoms. The van der Waals surface area contributed by atoms with Crippen LogP contribution >= 0.6 is 0 Å². The Morgan fingerprint density at radius 2 is 2.19 bits per heavy atom. The van der Waals surface area contributed by atoms with Gasteiger partial charge in [-0.15, -0.1) is 0 Å². The Bertz CT molecular complexity index is 430. The number of sulfonamides is 1. The number of aliphatic hydroxyl groups excluding tert-OH is 1. The van der Waals surface area contributed by atoms with Crippen LogP contribution in [0.3, 0.4) is 0 Å². The van der Waals surface area contributed by atoms with Crippen LogP contribution in [0.4, 0.5) is 5.69 Å². The minimum Gasteiger partial charge on any atom is -0.395 e. The average Bonchev–Trinajstić information content (AvgIpc) is 2.17. The summed E-state index contributed by atoms with van der Waals surface area (Å²) in [5.41, 5.74) is 1.36. The van der Waals surface area contributed by atoms with Crippen molar-refractivity contribution in [3.8, 4) is 0 Å². The first-order valence-corrected chi connectivity index (χ1v) is 6.42. The first-order valence-electron chi connectivity index (χ1n) is 4.76. The maximum Gasteiger partial charge on any atom is 0.234 e. The largest absolute Gasteiger partial charge is 0.395 e. The second-order valence-corrected chi connectivity index (χ2v) is 5.12. The lowest BCUT2D eigenvalue weighted by Gasteiger charge is -2.08. The Morgan fingerprint density at radius 1 is 1.44 bits per heavy atom. The zero-order valence-corrected chi connectivity index (χ0v) is 9.83. The van der Waals surface area contributed by atoms with Crippen LogP contribution in [0, 0.1) is 0 Å². The Kier molecular flexibility index (Phi) is 4.72. The van der Waals surface area contributed by atoms with E-state index in [1.807, 2.05) is 6.07 Å². The van der Waals surface area contributed by atoms with Crippen molar-refractivity contribution in [2.75, 3.05) is 24.2 Å². The molecule has 0 radical (unpaired) electrons. The van der Waals surface area contributed by atoms with E-state index in [1.54, 1.807) is 25.3 Å². The zero-order valence-electron chi connectivity index (χ0n) is 9.01. The van der Waals surface area contributed by atoms with Gasteiger partial charge in [-0.25, -0.2) is 8.42 Å². The molecule has 90 valence electrons. The Balaban J connectivity index is 2.77. The van der Waals surface area contributed by atoms with E-state index in [0.29, 0.717) is 12.3 Å². The Morgan fingerprint density at radius 3 is 2.81 bits per heavy atom. The third kappa shape index (κ3) is 4.18. The number of hydrogen-bond donors (Lipinski definition) is 2. The van der Waals surface area contributed by atoms with E-state index in [-0.39, 0.29) is 5.75 Å². The van der Waals surface area contributed by atoms with Crippen LogP contribution in [-0.2, 0) is 21.4 Å². The number of aliphatic hydroxyl groups is 1. The molecule has 16 heavy (non-hydrogen) atoms. The minimum absolute atomic E-state index is 0.304. The maximum absolute atomic E-state index is 11.4. The summed E-state index contributed by atoms with van der Waals surface area (Å²) in [5.74, 6) is -0.304. The third-order valence-corrected chi connectivity index (χ3v) is 3.14. The molecule has 0 aromatic heterocycles. The van der Waals surface area contributed by atoms with E-state index in [4.69, 9.17) is 9.84 Å². The number of methoxy groups -OCH3 is 1. The Hall–Kier alpha value is -1.11. The second-order valence-electron chi connectivity index (χ2n) is 3.28. The first-order chi connectivity index (χ1) is 7.57. The highest BCUT2D eigenvalue weighted by Gasteiger charge is 2.09. The molecule has 0 aliphatic rings. The molecule has 0 unspecified atom stereocenters. The van der Waals surface area contributed by atoms with Crippen molar-refractivity contribution in [3.63, 3.8) is 0 Å². The summed E-state index contributed by atoms with van der Waals surface area (Å²) in [4.78, 5) is 0. The van der Waals surface area contributed by atoms with Gasteiger partial charge in [-0.1, -0.05) is 12.1 Å². The number of ether oxygens (including phenoxy) is 1. The van der Waals surface area contributed by atoms with E-state index in [9.17, 15) is 8.42 Å². The van der Waals surface area contributed by atoms with Gasteiger partial charge in [-0.05, 0) is 17.7 Å². The van der Waals surface area contributed by atoms with E-state index in [0.717, 1.165) is 5.56 Å². The molecule has 0 atom stereocenters. The van der Waals surface area contributed by atoms with Gasteiger partial charge in [0.25, 0.3) is 0 Å². The van der Waals surface area contributed by atoms with E-state index in [2.05, 4.69) is 4.72 Å². The van der Waals surface area contributed by atoms with Crippen molar-refractivity contribution in [2.45, 2.75) is 6.61 Å². The molecular weight excluding hydrogens is 230 g/mol. The molecule has 6 heteroatoms. The maximum atomic E-state index is 11.4. The molecule has 0 saturated heterocycles. The number of anilines is 1. The summed E-state index contributed by atoms with van der Waals surface area (Å²) in [6, 6.07) is 6.92. The van der Waals surface area contributed by atoms with Crippen LogP contribution in [0.15, 0.2) is 24.3 Å². The molecule has 0 heterocycles. The highest BCUT2D eigenvalue weighted by atomic mass is 32.2. The normalized spacial score (nSPS) is 11.4. The van der Waals surface area contributed by atoms with Gasteiger partial charge in [0.15, 0.2) is 0 Å². The van der Waals surface area contributed by atoms with E-state index >= 15 is 0 Å². The van der Waals surface area contributed by atoms with Crippen molar-refractivity contribution in [3.05, 3.63) is 29.8 Å². The number of hydrogen-bond acceptors (Lipinski definition) is 4. The first kappa shape index (κ1) is 13.0. The Labute approximate surface area is 95.1 Å². The number of benzene rings is 1. The van der Waals surface area contributed by atoms with Crippen molar-refractivity contribution in [1.29, 1.82) is 0 Å². The predicted octanol–water partition coefficient (Wildman–Crippen LogP) is 0.567. The third-order valence-electron chi connectivity index (χ3n) is 1.87. The average molecular weight is 245 g/mol. The molecule has 0 fully saturated rings. The molecule has 0 amide bonds. The van der Waals surface area contributed by atoms with Crippen LogP contribution < -0.4 is 4.72 Å². The van der Waals surface area contributed by atoms with Gasteiger partial charge in [0.05, 0.1) is 19.0 Å². The van der Waals surface area contributed by atoms with Crippen molar-refractivity contribution in [2.24, 2.45) is 0 Å². The fraction of sp³-hybridized carbons (Fsp3) is 0.400. The molecule has 1 rings (SSSR count). The summed E-state index contributed by atoms with van der Waals surface area (Å²) in [6.07, 6.45) is 0. The van der Waals surface area contributed by atoms with Gasteiger partial charge in [0, 0.05) is 12.8 Å². The van der Waals surface area contributed by atoms with Crippen LogP contribution in [-0.4, -0.2) is 33.0 Å². The lowest BCUT2D eigenvalue weighted by atomic mass is 10.2. The summed E-state index contributed by atoms with van der Waals surface area (Å²) in [6.45, 7) is 0.0304. The van der Waals surface area contributed by atoms with E-state index in [1.165, 1.54) is 0 Å². The van der Waals surface area contributed by atoms with Crippen LogP contribution in [0.25, 0.3) is 0 Å². The lowest BCUT2D eigenvalue weighted by molar-refractivity contribution is 0.185. The monoisotopic (exact) mass is 245 g/mol. The fourth-order valence-corrected chi connectivity index (χ4v) is 2.07. The zero-order chi connectivity index (χ0) is 12.0. The van der Waals surface area contributed by atoms with Crippen molar-refractivity contribution >= 4 is 15.7 Å². The SMILES string of the molecule is COCc1cccc(NS(=O)(=O)CCO)c1. The standard InChI is InChI=1S/C10H15NO4S/c1-15-8-9-3-2-4-10(7-9)11-16(13,14)6-5-12/h2-4,7,11-12H,5-6,8H2,1H3. The molecule has 0 saturated carbocycles. The van der Waals surface area contributed by atoms with Gasteiger partial charge < -0.3 is 9.84 Å². The molecule has 0 aliphatic carbocycles. The molecule has 0 spiro atoms. The van der Waals surface area contributed by atoms with Gasteiger partial charge in [0.2, 0.25) is 10.0 Å². The minimum atomic E-state index is -3.46. The quantitative estimate of drug-likeness (QED) is 0.768. The topological polar surface area (TPSA) is 75.6 Å². The van der Waals surface area contributed by atoms with Gasteiger partial charge in [-0.2, -0.15) is 0 Å². The molecule has 0 aliphatic heterocycles. The van der Waals surface area contributed by atoms with Crippen LogP contribution in [0.2, 0.25) is 0 Å². The lowest BCUT2D eigenvalue weighted by Crippen LogP contribution is -2.18. The van der Waals surface area contributed by atoms with Crippen molar-refractivity contribution in [1.82, 2.24) is 0 Å². The van der Waals surface area contributed by atoms with Crippen LogP contribution in [0.5, 0.6) is 0 Å². The summed E-state index contributed by atoms with van der Waals surface area (Å²) < 4.78 is 30.1. The second kappa shape index (κ2) is 5.83. The molecule has 1 aromatic carbocycles. The van der Waals surface area contributed by atoms with E-state index < -0.39 is 16.6 Å². The smallest absolute Gasteiger partial charge is 0.234 e. The predicted molar refractivity (Wildman–Crippen MR) is 61.7 cm³/mol. The summed E-state index contributed by atoms with van der Waals surface area (Å²) >= 11 is 0. The molecule has 2 N–H and O–H groups in total. The highest BCUT2D eigenvalue weighted by molar-refractivity contribution is 7.92. The molecule has 1 aromatic rings. The fourth-order valence-electron chi connectivity index (χ4n) is 1.24. The molecular formula is C10H15NO4S. The van der Waals surface area contributed by atoms with Crippen molar-refractivity contribution < 1.29 is 18.3 Å². The molecule has 5 nitrogen and oxygen atoms in total. The highest BCUT2D eigenvalue weighted by Crippen LogP contribution is 2.13. The van der Waals surface area contributed by atoms with Crippen LogP contribution in [0.1, 0.15) is 5.56 Å². The van der Waals surface area contributed by atoms with Gasteiger partial charge in [0.1, 0.15) is 0 Å². The summed E-state index contributed by atoms with van der Waals surface area (Å²) in [5, 5.41) is 8.58. The number of nitrogens with one attached hydrogen (secondary N) is 1. The van der Waals surface area contributed by atoms with Gasteiger partial charge >= 0.3 is 0 Å².